The van der Waals surface area contributed by atoms with Crippen molar-refractivity contribution in [2.24, 2.45) is 5.92 Å². The van der Waals surface area contributed by atoms with Crippen molar-refractivity contribution in [2.45, 2.75) is 44.9 Å². The predicted molar refractivity (Wildman–Crippen MR) is 136 cm³/mol. The van der Waals surface area contributed by atoms with Crippen LogP contribution in [0.3, 0.4) is 0 Å². The van der Waals surface area contributed by atoms with Crippen molar-refractivity contribution in [3.05, 3.63) is 70.0 Å². The van der Waals surface area contributed by atoms with Crippen LogP contribution in [0.5, 0.6) is 0 Å². The molecule has 1 saturated heterocycles. The summed E-state index contributed by atoms with van der Waals surface area (Å²) in [4.78, 5) is 26.0. The van der Waals surface area contributed by atoms with Gasteiger partial charge in [0.05, 0.1) is 28.8 Å². The normalized spacial score (nSPS) is 18.6. The van der Waals surface area contributed by atoms with Crippen molar-refractivity contribution >= 4 is 27.5 Å². The van der Waals surface area contributed by atoms with Gasteiger partial charge in [0.1, 0.15) is 17.9 Å². The zero-order valence-electron chi connectivity index (χ0n) is 19.9. The third-order valence-electron chi connectivity index (χ3n) is 6.74. The summed E-state index contributed by atoms with van der Waals surface area (Å²) in [5.41, 5.74) is 5.05. The molecule has 0 spiro atoms. The van der Waals surface area contributed by atoms with Gasteiger partial charge >= 0.3 is 0 Å². The lowest BCUT2D eigenvalue weighted by Crippen LogP contribution is -2.31. The quantitative estimate of drug-likeness (QED) is 0.406. The summed E-state index contributed by atoms with van der Waals surface area (Å²) in [6.45, 7) is 3.62. The number of hydrogen-bond acceptors (Lipinski definition) is 5. The fraction of sp³-hybridized carbons (Fsp3) is 0.370. The molecule has 184 valence electrons. The van der Waals surface area contributed by atoms with Gasteiger partial charge in [0, 0.05) is 48.2 Å². The minimum atomic E-state index is -0.944. The number of aromatic amines is 1. The number of imidazole rings is 1. The van der Waals surface area contributed by atoms with E-state index < -0.39 is 12.2 Å². The van der Waals surface area contributed by atoms with Gasteiger partial charge in [0.2, 0.25) is 0 Å². The highest BCUT2D eigenvalue weighted by atomic mass is 32.1. The molecule has 2 aliphatic heterocycles. The van der Waals surface area contributed by atoms with Crippen LogP contribution in [0.15, 0.2) is 36.0 Å². The fourth-order valence-corrected chi connectivity index (χ4v) is 5.73. The monoisotopic (exact) mass is 503 g/mol. The van der Waals surface area contributed by atoms with E-state index in [0.29, 0.717) is 17.3 Å². The fourth-order valence-electron chi connectivity index (χ4n) is 4.94. The first-order valence-corrected chi connectivity index (χ1v) is 13.0. The van der Waals surface area contributed by atoms with E-state index in [2.05, 4.69) is 32.1 Å². The molecule has 0 aliphatic carbocycles. The lowest BCUT2D eigenvalue weighted by atomic mass is 10.0. The maximum atomic E-state index is 14.2. The number of pyridine rings is 1. The topological polar surface area (TPSA) is 84.8 Å². The Hall–Kier alpha value is -3.48. The molecule has 9 heteroatoms. The maximum Gasteiger partial charge on any atom is 0.270 e. The predicted octanol–water partition coefficient (Wildman–Crippen LogP) is 4.32. The van der Waals surface area contributed by atoms with Crippen LogP contribution in [0, 0.1) is 24.7 Å². The summed E-state index contributed by atoms with van der Waals surface area (Å²) in [6, 6.07) is 7.09. The van der Waals surface area contributed by atoms with E-state index in [9.17, 15) is 9.18 Å². The molecule has 7 nitrogen and oxygen atoms in total. The summed E-state index contributed by atoms with van der Waals surface area (Å²) >= 11 is 1.62. The van der Waals surface area contributed by atoms with Crippen LogP contribution in [0.2, 0.25) is 0 Å². The molecular weight excluding hydrogens is 477 g/mol. The third kappa shape index (κ3) is 4.54. The molecule has 36 heavy (non-hydrogen) atoms. The Morgan fingerprint density at radius 2 is 2.19 bits per heavy atom. The lowest BCUT2D eigenvalue weighted by Gasteiger charge is -2.18. The second-order valence-corrected chi connectivity index (χ2v) is 10.3. The van der Waals surface area contributed by atoms with Crippen LogP contribution >= 0.6 is 11.3 Å². The Morgan fingerprint density at radius 1 is 1.33 bits per heavy atom. The number of halogens is 1. The van der Waals surface area contributed by atoms with Gasteiger partial charge in [-0.05, 0) is 49.4 Å². The van der Waals surface area contributed by atoms with Gasteiger partial charge in [-0.25, -0.2) is 14.4 Å². The van der Waals surface area contributed by atoms with E-state index in [1.165, 1.54) is 0 Å². The largest absolute Gasteiger partial charge is 0.381 e. The number of aryl methyl sites for hydroxylation is 1. The van der Waals surface area contributed by atoms with Gasteiger partial charge in [0.15, 0.2) is 0 Å². The van der Waals surface area contributed by atoms with E-state index in [-0.39, 0.29) is 18.9 Å². The number of aromatic nitrogens is 4. The number of rotatable bonds is 4. The number of nitrogens with zero attached hydrogens (tertiary/aromatic N) is 3. The Morgan fingerprint density at radius 3 is 3.03 bits per heavy atom. The SMILES string of the molecule is Cc1cc(C#CC2CCOCC2)cc(C(=O)NC(c2cc3sccc3[nH]2)c2ncn3c2C[C@@H](F)C3)n1. The minimum Gasteiger partial charge on any atom is -0.381 e. The standard InChI is InChI=1S/C27H26FN5O2S/c1-16-10-18(3-2-17-4-7-35-8-5-17)11-22(30-16)27(34)32-25(21-13-24-20(31-21)6-9-36-24)26-23-12-19(28)14-33(23)15-29-26/h6,9-11,13,15,17,19,25,31H,4-5,7-8,12,14H2,1H3,(H,32,34)/t19-,25?/m1/s1. The second kappa shape index (κ2) is 9.52. The molecule has 2 aliphatic rings. The molecule has 6 rings (SSSR count). The maximum absolute atomic E-state index is 14.2. The molecule has 4 aromatic rings. The Kier molecular flexibility index (Phi) is 6.07. The average molecular weight is 504 g/mol. The molecule has 0 saturated carbocycles. The smallest absolute Gasteiger partial charge is 0.270 e. The molecule has 2 atom stereocenters. The van der Waals surface area contributed by atoms with Crippen molar-refractivity contribution in [2.75, 3.05) is 13.2 Å². The molecule has 1 fully saturated rings. The number of carbonyl (C=O) groups is 1. The number of ether oxygens (including phenoxy) is 1. The molecule has 0 radical (unpaired) electrons. The average Bonchev–Trinajstić information content (AvgIpc) is 3.63. The summed E-state index contributed by atoms with van der Waals surface area (Å²) in [7, 11) is 0. The van der Waals surface area contributed by atoms with Crippen molar-refractivity contribution < 1.29 is 13.9 Å². The highest BCUT2D eigenvalue weighted by Gasteiger charge is 2.31. The van der Waals surface area contributed by atoms with E-state index in [1.54, 1.807) is 23.7 Å². The number of thiophene rings is 1. The van der Waals surface area contributed by atoms with E-state index in [1.807, 2.05) is 35.1 Å². The van der Waals surface area contributed by atoms with Crippen LogP contribution < -0.4 is 5.32 Å². The summed E-state index contributed by atoms with van der Waals surface area (Å²) in [6.07, 6.45) is 2.85. The Balaban J connectivity index is 1.31. The Bertz CT molecular complexity index is 1460. The third-order valence-corrected chi connectivity index (χ3v) is 7.60. The van der Waals surface area contributed by atoms with Gasteiger partial charge in [-0.1, -0.05) is 11.8 Å². The van der Waals surface area contributed by atoms with Gasteiger partial charge in [-0.2, -0.15) is 0 Å². The number of alkyl halides is 1. The molecular formula is C27H26FN5O2S. The van der Waals surface area contributed by atoms with Gasteiger partial charge in [-0.3, -0.25) is 4.79 Å². The zero-order chi connectivity index (χ0) is 24.6. The molecule has 4 aromatic heterocycles. The number of fused-ring (bicyclic) bond motifs is 2. The van der Waals surface area contributed by atoms with Crippen LogP contribution in [-0.2, 0) is 17.7 Å². The first-order valence-electron chi connectivity index (χ1n) is 12.2. The molecule has 6 heterocycles. The summed E-state index contributed by atoms with van der Waals surface area (Å²) in [5, 5.41) is 5.13. The van der Waals surface area contributed by atoms with E-state index in [4.69, 9.17) is 4.74 Å². The summed E-state index contributed by atoms with van der Waals surface area (Å²) in [5.74, 6) is 6.53. The van der Waals surface area contributed by atoms with Crippen LogP contribution in [-0.4, -0.2) is 44.8 Å². The van der Waals surface area contributed by atoms with Crippen molar-refractivity contribution in [3.8, 4) is 11.8 Å². The first kappa shape index (κ1) is 23.0. The number of amides is 1. The van der Waals surface area contributed by atoms with Gasteiger partial charge < -0.3 is 19.6 Å². The van der Waals surface area contributed by atoms with E-state index >= 15 is 0 Å². The zero-order valence-corrected chi connectivity index (χ0v) is 20.7. The van der Waals surface area contributed by atoms with Crippen LogP contribution in [0.4, 0.5) is 4.39 Å². The molecule has 2 N–H and O–H groups in total. The second-order valence-electron chi connectivity index (χ2n) is 9.40. The first-order chi connectivity index (χ1) is 17.5. The Labute approximate surface area is 212 Å². The van der Waals surface area contributed by atoms with Crippen LogP contribution in [0.1, 0.15) is 57.7 Å². The lowest BCUT2D eigenvalue weighted by molar-refractivity contribution is 0.0807. The van der Waals surface area contributed by atoms with Crippen molar-refractivity contribution in [1.82, 2.24) is 24.8 Å². The summed E-state index contributed by atoms with van der Waals surface area (Å²) < 4.78 is 22.5. The molecule has 1 unspecified atom stereocenters. The van der Waals surface area contributed by atoms with Crippen LogP contribution in [0.25, 0.3) is 10.2 Å². The highest BCUT2D eigenvalue weighted by Crippen LogP contribution is 2.32. The number of nitrogens with one attached hydrogen (secondary N) is 2. The number of hydrogen-bond donors (Lipinski definition) is 2. The highest BCUT2D eigenvalue weighted by molar-refractivity contribution is 7.17. The molecule has 0 bridgehead atoms. The van der Waals surface area contributed by atoms with Crippen molar-refractivity contribution in [3.63, 3.8) is 0 Å². The number of H-pyrrole nitrogens is 1. The molecule has 0 aromatic carbocycles. The van der Waals surface area contributed by atoms with Crippen molar-refractivity contribution in [1.29, 1.82) is 0 Å². The van der Waals surface area contributed by atoms with Gasteiger partial charge in [0.25, 0.3) is 5.91 Å². The minimum absolute atomic E-state index is 0.283. The molecule has 1 amide bonds. The van der Waals surface area contributed by atoms with Gasteiger partial charge in [-0.15, -0.1) is 11.3 Å². The number of carbonyl (C=O) groups excluding carboxylic acids is 1. The van der Waals surface area contributed by atoms with E-state index in [0.717, 1.165) is 58.9 Å².